The fourth-order valence-corrected chi connectivity index (χ4v) is 3.67. The molecule has 1 amide bonds. The van der Waals surface area contributed by atoms with E-state index in [1.54, 1.807) is 36.4 Å². The molecule has 1 aromatic heterocycles. The molecule has 1 aromatic carbocycles. The highest BCUT2D eigenvalue weighted by Crippen LogP contribution is 2.36. The Hall–Kier alpha value is -3.13. The number of likely N-dealkylation sites (tertiary alicyclic amines) is 1. The van der Waals surface area contributed by atoms with Gasteiger partial charge in [0, 0.05) is 25.4 Å². The molecule has 0 radical (unpaired) electrons. The molecule has 1 fully saturated rings. The summed E-state index contributed by atoms with van der Waals surface area (Å²) in [5.41, 5.74) is -0.464. The normalized spacial score (nSPS) is 21.5. The standard InChI is InChI=1S/C21H24N2O6/c1-28-16-5-3-4-14(10-16)11-21(20(26)27)13-23(9-8-17(21)24)19(25)15-6-7-18(29-2)22-12-15/h3-7,10,12,17,24H,8-9,11,13H2,1-2H3,(H,26,27)/t17-,21+/m0/s1. The predicted octanol–water partition coefficient (Wildman–Crippen LogP) is 1.62. The van der Waals surface area contributed by atoms with Crippen LogP contribution in [0.1, 0.15) is 22.3 Å². The number of aliphatic hydroxyl groups is 1. The zero-order chi connectivity index (χ0) is 21.0. The van der Waals surface area contributed by atoms with Crippen molar-refractivity contribution in [2.45, 2.75) is 18.9 Å². The van der Waals surface area contributed by atoms with Gasteiger partial charge >= 0.3 is 5.97 Å². The van der Waals surface area contributed by atoms with E-state index in [1.165, 1.54) is 25.3 Å². The van der Waals surface area contributed by atoms with E-state index in [0.29, 0.717) is 22.8 Å². The molecule has 29 heavy (non-hydrogen) atoms. The van der Waals surface area contributed by atoms with Crippen LogP contribution in [0.5, 0.6) is 11.6 Å². The van der Waals surface area contributed by atoms with Gasteiger partial charge in [-0.2, -0.15) is 0 Å². The lowest BCUT2D eigenvalue weighted by Crippen LogP contribution is -2.58. The topological polar surface area (TPSA) is 109 Å². The number of rotatable bonds is 6. The van der Waals surface area contributed by atoms with Crippen LogP contribution < -0.4 is 9.47 Å². The van der Waals surface area contributed by atoms with Gasteiger partial charge in [-0.05, 0) is 36.6 Å². The third kappa shape index (κ3) is 4.17. The van der Waals surface area contributed by atoms with Crippen LogP contribution in [-0.4, -0.2) is 65.4 Å². The number of aromatic nitrogens is 1. The molecular formula is C21H24N2O6. The number of aliphatic hydroxyl groups excluding tert-OH is 1. The summed E-state index contributed by atoms with van der Waals surface area (Å²) in [6, 6.07) is 10.2. The highest BCUT2D eigenvalue weighted by molar-refractivity contribution is 5.94. The summed E-state index contributed by atoms with van der Waals surface area (Å²) in [5, 5.41) is 20.7. The molecule has 8 nitrogen and oxygen atoms in total. The third-order valence-electron chi connectivity index (χ3n) is 5.34. The Kier molecular flexibility index (Phi) is 6.03. The first-order chi connectivity index (χ1) is 13.9. The smallest absolute Gasteiger partial charge is 0.314 e. The number of carboxylic acid groups (broad SMARTS) is 1. The Labute approximate surface area is 168 Å². The van der Waals surface area contributed by atoms with E-state index in [4.69, 9.17) is 9.47 Å². The lowest BCUT2D eigenvalue weighted by Gasteiger charge is -2.43. The fourth-order valence-electron chi connectivity index (χ4n) is 3.67. The molecule has 0 aliphatic carbocycles. The average Bonchev–Trinajstić information content (AvgIpc) is 2.75. The fraction of sp³-hybridized carbons (Fsp3) is 0.381. The van der Waals surface area contributed by atoms with Crippen molar-refractivity contribution in [1.82, 2.24) is 9.88 Å². The Bertz CT molecular complexity index is 885. The summed E-state index contributed by atoms with van der Waals surface area (Å²) in [5.74, 6) is -0.486. The summed E-state index contributed by atoms with van der Waals surface area (Å²) < 4.78 is 10.2. The number of nitrogens with zero attached hydrogens (tertiary/aromatic N) is 2. The summed E-state index contributed by atoms with van der Waals surface area (Å²) >= 11 is 0. The van der Waals surface area contributed by atoms with E-state index in [9.17, 15) is 19.8 Å². The van der Waals surface area contributed by atoms with E-state index < -0.39 is 17.5 Å². The molecule has 0 bridgehead atoms. The van der Waals surface area contributed by atoms with Gasteiger partial charge in [-0.25, -0.2) is 4.98 Å². The molecule has 0 spiro atoms. The number of carbonyl (C=O) groups excluding carboxylic acids is 1. The molecule has 1 saturated heterocycles. The molecule has 1 aliphatic rings. The predicted molar refractivity (Wildman–Crippen MR) is 104 cm³/mol. The van der Waals surface area contributed by atoms with Crippen molar-refractivity contribution in [3.63, 3.8) is 0 Å². The van der Waals surface area contributed by atoms with Gasteiger partial charge in [-0.3, -0.25) is 9.59 Å². The number of piperidine rings is 1. The van der Waals surface area contributed by atoms with Crippen LogP contribution in [0.25, 0.3) is 0 Å². The molecule has 2 heterocycles. The molecule has 8 heteroatoms. The first-order valence-corrected chi connectivity index (χ1v) is 9.23. The van der Waals surface area contributed by atoms with Crippen molar-refractivity contribution in [2.24, 2.45) is 5.41 Å². The quantitative estimate of drug-likeness (QED) is 0.758. The first-order valence-electron chi connectivity index (χ1n) is 9.23. The van der Waals surface area contributed by atoms with Crippen LogP contribution in [0.3, 0.4) is 0 Å². The van der Waals surface area contributed by atoms with Gasteiger partial charge in [0.2, 0.25) is 5.88 Å². The SMILES string of the molecule is COc1cccc(C[C@@]2(C(=O)O)CN(C(=O)c3ccc(OC)nc3)CC[C@@H]2O)c1. The van der Waals surface area contributed by atoms with Crippen molar-refractivity contribution in [3.8, 4) is 11.6 Å². The maximum atomic E-state index is 12.9. The number of pyridine rings is 1. The summed E-state index contributed by atoms with van der Waals surface area (Å²) in [6.45, 7) is 0.157. The van der Waals surface area contributed by atoms with E-state index in [0.717, 1.165) is 0 Å². The molecule has 2 aromatic rings. The summed E-state index contributed by atoms with van der Waals surface area (Å²) in [7, 11) is 3.01. The first kappa shape index (κ1) is 20.6. The van der Waals surface area contributed by atoms with Crippen LogP contribution in [0.4, 0.5) is 0 Å². The lowest BCUT2D eigenvalue weighted by molar-refractivity contribution is -0.161. The molecule has 154 valence electrons. The van der Waals surface area contributed by atoms with Crippen molar-refractivity contribution in [3.05, 3.63) is 53.7 Å². The zero-order valence-electron chi connectivity index (χ0n) is 16.4. The molecule has 0 saturated carbocycles. The van der Waals surface area contributed by atoms with E-state index in [1.807, 2.05) is 0 Å². The number of hydrogen-bond donors (Lipinski definition) is 2. The van der Waals surface area contributed by atoms with Gasteiger partial charge in [0.25, 0.3) is 5.91 Å². The molecule has 0 unspecified atom stereocenters. The van der Waals surface area contributed by atoms with E-state index in [2.05, 4.69) is 4.98 Å². The molecule has 1 aliphatic heterocycles. The van der Waals surface area contributed by atoms with Crippen LogP contribution in [0, 0.1) is 5.41 Å². The minimum absolute atomic E-state index is 0.0747. The lowest BCUT2D eigenvalue weighted by atomic mass is 9.72. The van der Waals surface area contributed by atoms with Gasteiger partial charge in [0.1, 0.15) is 11.2 Å². The Morgan fingerprint density at radius 2 is 2.03 bits per heavy atom. The largest absolute Gasteiger partial charge is 0.497 e. The minimum atomic E-state index is -1.51. The second kappa shape index (κ2) is 8.48. The third-order valence-corrected chi connectivity index (χ3v) is 5.34. The molecular weight excluding hydrogens is 376 g/mol. The minimum Gasteiger partial charge on any atom is -0.497 e. The van der Waals surface area contributed by atoms with Crippen molar-refractivity contribution >= 4 is 11.9 Å². The summed E-state index contributed by atoms with van der Waals surface area (Å²) in [6.07, 6.45) is 0.567. The number of aliphatic carboxylic acids is 1. The highest BCUT2D eigenvalue weighted by atomic mass is 16.5. The number of carboxylic acids is 1. The van der Waals surface area contributed by atoms with E-state index >= 15 is 0 Å². The van der Waals surface area contributed by atoms with Gasteiger partial charge in [-0.15, -0.1) is 0 Å². The number of hydrogen-bond acceptors (Lipinski definition) is 6. The molecule has 2 atom stereocenters. The van der Waals surface area contributed by atoms with Crippen LogP contribution in [-0.2, 0) is 11.2 Å². The Morgan fingerprint density at radius 3 is 2.66 bits per heavy atom. The molecule has 3 rings (SSSR count). The van der Waals surface area contributed by atoms with E-state index in [-0.39, 0.29) is 31.8 Å². The maximum Gasteiger partial charge on any atom is 0.314 e. The number of carbonyl (C=O) groups is 2. The number of methoxy groups -OCH3 is 2. The summed E-state index contributed by atoms with van der Waals surface area (Å²) in [4.78, 5) is 30.7. The number of benzene rings is 1. The van der Waals surface area contributed by atoms with Gasteiger partial charge in [-0.1, -0.05) is 12.1 Å². The highest BCUT2D eigenvalue weighted by Gasteiger charge is 2.50. The van der Waals surface area contributed by atoms with Crippen LogP contribution in [0.2, 0.25) is 0 Å². The number of ether oxygens (including phenoxy) is 2. The van der Waals surface area contributed by atoms with Gasteiger partial charge < -0.3 is 24.6 Å². The second-order valence-electron chi connectivity index (χ2n) is 7.11. The van der Waals surface area contributed by atoms with Crippen LogP contribution in [0.15, 0.2) is 42.6 Å². The van der Waals surface area contributed by atoms with Gasteiger partial charge in [0.05, 0.1) is 25.9 Å². The molecule has 2 N–H and O–H groups in total. The maximum absolute atomic E-state index is 12.9. The van der Waals surface area contributed by atoms with Crippen molar-refractivity contribution in [1.29, 1.82) is 0 Å². The van der Waals surface area contributed by atoms with Crippen molar-refractivity contribution < 1.29 is 29.3 Å². The van der Waals surface area contributed by atoms with Gasteiger partial charge in [0.15, 0.2) is 0 Å². The average molecular weight is 400 g/mol. The Balaban J connectivity index is 1.87. The monoisotopic (exact) mass is 400 g/mol. The zero-order valence-corrected chi connectivity index (χ0v) is 16.4. The number of amides is 1. The second-order valence-corrected chi connectivity index (χ2v) is 7.11. The van der Waals surface area contributed by atoms with Crippen LogP contribution >= 0.6 is 0 Å². The van der Waals surface area contributed by atoms with Crippen molar-refractivity contribution in [2.75, 3.05) is 27.3 Å². The Morgan fingerprint density at radius 1 is 1.24 bits per heavy atom.